The Labute approximate surface area is 118 Å². The van der Waals surface area contributed by atoms with Crippen molar-refractivity contribution in [2.75, 3.05) is 11.8 Å². The van der Waals surface area contributed by atoms with Gasteiger partial charge in [0.25, 0.3) is 5.69 Å². The van der Waals surface area contributed by atoms with Crippen LogP contribution in [0.5, 0.6) is 5.75 Å². The van der Waals surface area contributed by atoms with Crippen molar-refractivity contribution < 1.29 is 13.9 Å². The molecule has 2 rings (SSSR count). The Morgan fingerprint density at radius 2 is 1.95 bits per heavy atom. The number of hydrogen-bond donors (Lipinski definition) is 1. The number of anilines is 1. The molecule has 0 aliphatic rings. The lowest BCUT2D eigenvalue weighted by atomic mass is 10.3. The van der Waals surface area contributed by atoms with Crippen LogP contribution in [-0.2, 0) is 11.0 Å². The van der Waals surface area contributed by atoms with Crippen LogP contribution in [0, 0.1) is 10.1 Å². The molecule has 0 bridgehead atoms. The summed E-state index contributed by atoms with van der Waals surface area (Å²) in [4.78, 5) is 10.5. The number of ether oxygens (including phenoxy) is 1. The van der Waals surface area contributed by atoms with E-state index >= 15 is 0 Å². The average molecular weight is 292 g/mol. The fourth-order valence-electron chi connectivity index (χ4n) is 1.61. The maximum absolute atomic E-state index is 12.2. The first-order valence-electron chi connectivity index (χ1n) is 5.67. The molecule has 0 aromatic heterocycles. The lowest BCUT2D eigenvalue weighted by Gasteiger charge is -2.07. The molecule has 1 atom stereocenters. The van der Waals surface area contributed by atoms with Crippen LogP contribution in [-0.4, -0.2) is 16.2 Å². The van der Waals surface area contributed by atoms with Crippen molar-refractivity contribution in [1.29, 1.82) is 0 Å². The van der Waals surface area contributed by atoms with Crippen molar-refractivity contribution in [3.8, 4) is 5.75 Å². The van der Waals surface area contributed by atoms with E-state index in [0.717, 1.165) is 0 Å². The Morgan fingerprint density at radius 3 is 2.65 bits per heavy atom. The minimum atomic E-state index is -1.72. The fraction of sp³-hybridized carbons (Fsp3) is 0.0769. The predicted molar refractivity (Wildman–Crippen MR) is 76.1 cm³/mol. The minimum absolute atomic E-state index is 0.125. The molecule has 104 valence electrons. The van der Waals surface area contributed by atoms with Gasteiger partial charge in [0.1, 0.15) is 10.6 Å². The molecule has 2 aromatic rings. The van der Waals surface area contributed by atoms with Crippen molar-refractivity contribution in [1.82, 2.24) is 0 Å². The van der Waals surface area contributed by atoms with Crippen LogP contribution in [0.15, 0.2) is 53.4 Å². The van der Waals surface area contributed by atoms with Gasteiger partial charge in [-0.3, -0.25) is 10.1 Å². The highest BCUT2D eigenvalue weighted by Gasteiger charge is 2.18. The zero-order valence-corrected chi connectivity index (χ0v) is 11.4. The summed E-state index contributed by atoms with van der Waals surface area (Å²) in [6, 6.07) is 12.8. The van der Waals surface area contributed by atoms with Crippen molar-refractivity contribution in [2.45, 2.75) is 4.90 Å². The molecule has 20 heavy (non-hydrogen) atoms. The zero-order valence-electron chi connectivity index (χ0n) is 10.6. The van der Waals surface area contributed by atoms with Crippen LogP contribution < -0.4 is 9.46 Å². The zero-order chi connectivity index (χ0) is 14.5. The van der Waals surface area contributed by atoms with E-state index in [1.807, 2.05) is 0 Å². The molecule has 7 heteroatoms. The molecule has 0 aliphatic carbocycles. The first-order valence-corrected chi connectivity index (χ1v) is 6.82. The Kier molecular flexibility index (Phi) is 4.31. The number of methoxy groups -OCH3 is 1. The SMILES string of the molecule is COc1cccc(NS(=O)c2ccccc2[N+](=O)[O-])c1. The molecule has 2 aromatic carbocycles. The molecule has 0 heterocycles. The summed E-state index contributed by atoms with van der Waals surface area (Å²) in [5, 5.41) is 10.9. The Bertz CT molecular complexity index is 660. The van der Waals surface area contributed by atoms with E-state index in [1.165, 1.54) is 25.3 Å². The summed E-state index contributed by atoms with van der Waals surface area (Å²) in [5.41, 5.74) is 0.377. The second-order valence-corrected chi connectivity index (χ2v) is 5.01. The van der Waals surface area contributed by atoms with Gasteiger partial charge < -0.3 is 9.46 Å². The largest absolute Gasteiger partial charge is 0.497 e. The number of nitrogens with zero attached hydrogens (tertiary/aromatic N) is 1. The van der Waals surface area contributed by atoms with Crippen molar-refractivity contribution in [3.63, 3.8) is 0 Å². The number of nitro groups is 1. The monoisotopic (exact) mass is 292 g/mol. The lowest BCUT2D eigenvalue weighted by molar-refractivity contribution is -0.387. The van der Waals surface area contributed by atoms with E-state index in [4.69, 9.17) is 4.74 Å². The van der Waals surface area contributed by atoms with Crippen LogP contribution in [0.2, 0.25) is 0 Å². The van der Waals surface area contributed by atoms with Gasteiger partial charge in [-0.25, -0.2) is 4.21 Å². The lowest BCUT2D eigenvalue weighted by Crippen LogP contribution is -2.07. The highest BCUT2D eigenvalue weighted by molar-refractivity contribution is 7.86. The molecular formula is C13H12N2O4S. The van der Waals surface area contributed by atoms with Crippen LogP contribution in [0.3, 0.4) is 0 Å². The van der Waals surface area contributed by atoms with Gasteiger partial charge in [0.15, 0.2) is 11.0 Å². The number of hydrogen-bond acceptors (Lipinski definition) is 4. The van der Waals surface area contributed by atoms with Crippen LogP contribution in [0.1, 0.15) is 0 Å². The summed E-state index contributed by atoms with van der Waals surface area (Å²) < 4.78 is 20.0. The number of nitrogens with one attached hydrogen (secondary N) is 1. The number of para-hydroxylation sites is 1. The highest BCUT2D eigenvalue weighted by Crippen LogP contribution is 2.24. The molecule has 0 saturated heterocycles. The van der Waals surface area contributed by atoms with Gasteiger partial charge in [0.2, 0.25) is 0 Å². The van der Waals surface area contributed by atoms with E-state index in [1.54, 1.807) is 30.3 Å². The summed E-state index contributed by atoms with van der Waals surface area (Å²) in [6.07, 6.45) is 0. The maximum Gasteiger partial charge on any atom is 0.287 e. The van der Waals surface area contributed by atoms with E-state index in [-0.39, 0.29) is 10.6 Å². The standard InChI is InChI=1S/C13H12N2O4S/c1-19-11-6-4-5-10(9-11)14-20(18)13-8-3-2-7-12(13)15(16)17/h2-9,14H,1H3. The second-order valence-electron chi connectivity index (χ2n) is 3.83. The molecule has 0 spiro atoms. The topological polar surface area (TPSA) is 81.5 Å². The smallest absolute Gasteiger partial charge is 0.287 e. The van der Waals surface area contributed by atoms with E-state index in [2.05, 4.69) is 4.72 Å². The van der Waals surface area contributed by atoms with Gasteiger partial charge in [-0.1, -0.05) is 18.2 Å². The van der Waals surface area contributed by atoms with Gasteiger partial charge in [-0.15, -0.1) is 0 Å². The third-order valence-corrected chi connectivity index (χ3v) is 3.71. The quantitative estimate of drug-likeness (QED) is 0.678. The summed E-state index contributed by atoms with van der Waals surface area (Å²) in [6.45, 7) is 0. The Balaban J connectivity index is 2.26. The molecule has 1 N–H and O–H groups in total. The average Bonchev–Trinajstić information content (AvgIpc) is 2.47. The van der Waals surface area contributed by atoms with E-state index in [9.17, 15) is 14.3 Å². The molecule has 0 amide bonds. The van der Waals surface area contributed by atoms with Gasteiger partial charge >= 0.3 is 0 Å². The third kappa shape index (κ3) is 3.12. The predicted octanol–water partition coefficient (Wildman–Crippen LogP) is 2.74. The Morgan fingerprint density at radius 1 is 1.20 bits per heavy atom. The minimum Gasteiger partial charge on any atom is -0.497 e. The molecule has 0 fully saturated rings. The van der Waals surface area contributed by atoms with Gasteiger partial charge in [0.05, 0.1) is 17.7 Å². The third-order valence-electron chi connectivity index (χ3n) is 2.54. The first-order chi connectivity index (χ1) is 9.61. The second kappa shape index (κ2) is 6.16. The Hall–Kier alpha value is -2.41. The molecule has 1 unspecified atom stereocenters. The van der Waals surface area contributed by atoms with E-state index in [0.29, 0.717) is 11.4 Å². The summed E-state index contributed by atoms with van der Waals surface area (Å²) in [5.74, 6) is 0.606. The van der Waals surface area contributed by atoms with Crippen molar-refractivity contribution in [2.24, 2.45) is 0 Å². The van der Waals surface area contributed by atoms with Crippen molar-refractivity contribution in [3.05, 3.63) is 58.6 Å². The number of benzene rings is 2. The van der Waals surface area contributed by atoms with Gasteiger partial charge in [-0.05, 0) is 18.2 Å². The maximum atomic E-state index is 12.2. The molecular weight excluding hydrogens is 280 g/mol. The molecule has 0 saturated carbocycles. The summed E-state index contributed by atoms with van der Waals surface area (Å²) in [7, 11) is -0.198. The molecule has 0 aliphatic heterocycles. The van der Waals surface area contributed by atoms with E-state index < -0.39 is 15.9 Å². The van der Waals surface area contributed by atoms with Crippen LogP contribution in [0.25, 0.3) is 0 Å². The van der Waals surface area contributed by atoms with Crippen LogP contribution >= 0.6 is 0 Å². The molecule has 6 nitrogen and oxygen atoms in total. The first kappa shape index (κ1) is 14.0. The molecule has 0 radical (unpaired) electrons. The summed E-state index contributed by atoms with van der Waals surface area (Å²) >= 11 is 0. The van der Waals surface area contributed by atoms with Gasteiger partial charge in [-0.2, -0.15) is 0 Å². The van der Waals surface area contributed by atoms with Crippen LogP contribution in [0.4, 0.5) is 11.4 Å². The fourth-order valence-corrected chi connectivity index (χ4v) is 2.60. The number of rotatable bonds is 5. The van der Waals surface area contributed by atoms with Gasteiger partial charge in [0, 0.05) is 12.1 Å². The normalized spacial score (nSPS) is 11.7. The highest BCUT2D eigenvalue weighted by atomic mass is 32.2. The van der Waals surface area contributed by atoms with Crippen molar-refractivity contribution >= 4 is 22.4 Å². The number of nitro benzene ring substituents is 1.